The van der Waals surface area contributed by atoms with E-state index < -0.39 is 23.6 Å². The number of aryl methyl sites for hydroxylation is 2. The van der Waals surface area contributed by atoms with Crippen LogP contribution in [0.4, 0.5) is 14.5 Å². The van der Waals surface area contributed by atoms with Crippen molar-refractivity contribution >= 4 is 29.0 Å². The summed E-state index contributed by atoms with van der Waals surface area (Å²) in [5.74, 6) is -0.229. The average Bonchev–Trinajstić information content (AvgIpc) is 3.68. The second kappa shape index (κ2) is 11.3. The van der Waals surface area contributed by atoms with Crippen LogP contribution in [-0.2, 0) is 11.4 Å². The summed E-state index contributed by atoms with van der Waals surface area (Å²) in [7, 11) is 0. The van der Waals surface area contributed by atoms with E-state index in [2.05, 4.69) is 10.3 Å². The van der Waals surface area contributed by atoms with Gasteiger partial charge in [0.2, 0.25) is 0 Å². The van der Waals surface area contributed by atoms with Gasteiger partial charge >= 0.3 is 0 Å². The number of nitrogens with zero attached hydrogens (tertiary/aromatic N) is 2. The number of furan rings is 2. The second-order valence-corrected chi connectivity index (χ2v) is 11.0. The molecule has 0 spiro atoms. The first kappa shape index (κ1) is 28.1. The molecule has 5 aromatic rings. The molecule has 11 heteroatoms. The van der Waals surface area contributed by atoms with Crippen LogP contribution >= 0.6 is 11.3 Å². The molecule has 1 atom stereocenters. The summed E-state index contributed by atoms with van der Waals surface area (Å²) in [6.07, 6.45) is 1.57. The first-order valence-corrected chi connectivity index (χ1v) is 14.1. The number of rotatable bonds is 7. The molecule has 218 valence electrons. The fraction of sp³-hybridized carbons (Fsp3) is 0.156. The lowest BCUT2D eigenvalue weighted by Crippen LogP contribution is -2.40. The van der Waals surface area contributed by atoms with Gasteiger partial charge in [-0.3, -0.25) is 14.2 Å². The van der Waals surface area contributed by atoms with Crippen LogP contribution < -0.4 is 24.9 Å². The standard InChI is InChI=1S/C32H25F2N3O5S/c1-17-6-4-5-7-24(17)36-30(38)28-19(3)35-32-37(29(28)26-12-8-18(2)41-26)31(39)27(43-32)15-21-10-11-22(42-21)16-40-25-13-9-20(33)14-23(25)34/h4-15,29H,16H2,1-3H3,(H,36,38)/b27-15+. The van der Waals surface area contributed by atoms with E-state index in [9.17, 15) is 18.4 Å². The maximum absolute atomic E-state index is 13.9. The predicted octanol–water partition coefficient (Wildman–Crippen LogP) is 5.53. The Kier molecular flexibility index (Phi) is 7.41. The highest BCUT2D eigenvalue weighted by atomic mass is 32.1. The van der Waals surface area contributed by atoms with Crippen molar-refractivity contribution in [2.24, 2.45) is 4.99 Å². The van der Waals surface area contributed by atoms with Crippen molar-refractivity contribution in [3.8, 4) is 5.75 Å². The number of carbonyl (C=O) groups excluding carboxylic acids is 1. The van der Waals surface area contributed by atoms with Crippen molar-refractivity contribution in [2.45, 2.75) is 33.4 Å². The number of ether oxygens (including phenoxy) is 1. The molecule has 43 heavy (non-hydrogen) atoms. The molecule has 0 bridgehead atoms. The lowest BCUT2D eigenvalue weighted by Gasteiger charge is -2.23. The molecule has 0 fully saturated rings. The zero-order valence-corrected chi connectivity index (χ0v) is 24.1. The van der Waals surface area contributed by atoms with Gasteiger partial charge in [-0.1, -0.05) is 29.5 Å². The highest BCUT2D eigenvalue weighted by Crippen LogP contribution is 2.32. The highest BCUT2D eigenvalue weighted by Gasteiger charge is 2.34. The molecule has 0 aliphatic carbocycles. The first-order chi connectivity index (χ1) is 20.7. The van der Waals surface area contributed by atoms with E-state index in [1.807, 2.05) is 31.2 Å². The number of thiazole rings is 1. The van der Waals surface area contributed by atoms with Gasteiger partial charge in [-0.15, -0.1) is 0 Å². The predicted molar refractivity (Wildman–Crippen MR) is 156 cm³/mol. The Morgan fingerprint density at radius 1 is 1.07 bits per heavy atom. The summed E-state index contributed by atoms with van der Waals surface area (Å²) in [5, 5.41) is 2.96. The normalized spacial score (nSPS) is 14.9. The van der Waals surface area contributed by atoms with Gasteiger partial charge in [-0.2, -0.15) is 0 Å². The second-order valence-electron chi connectivity index (χ2n) is 9.97. The number of allylic oxidation sites excluding steroid dienone is 1. The number of amides is 1. The summed E-state index contributed by atoms with van der Waals surface area (Å²) in [5.41, 5.74) is 1.92. The number of anilines is 1. The molecule has 1 aliphatic heterocycles. The number of para-hydroxylation sites is 1. The molecule has 1 N–H and O–H groups in total. The Bertz CT molecular complexity index is 2090. The van der Waals surface area contributed by atoms with E-state index in [0.717, 1.165) is 29.0 Å². The van der Waals surface area contributed by atoms with E-state index >= 15 is 0 Å². The molecule has 0 saturated heterocycles. The van der Waals surface area contributed by atoms with Crippen LogP contribution in [0.2, 0.25) is 0 Å². The van der Waals surface area contributed by atoms with Crippen molar-refractivity contribution in [3.05, 3.63) is 138 Å². The number of fused-ring (bicyclic) bond motifs is 1. The number of aromatic nitrogens is 1. The molecule has 0 saturated carbocycles. The van der Waals surface area contributed by atoms with Gasteiger partial charge in [0.05, 0.1) is 15.8 Å². The van der Waals surface area contributed by atoms with Crippen molar-refractivity contribution in [3.63, 3.8) is 0 Å². The fourth-order valence-electron chi connectivity index (χ4n) is 4.80. The third-order valence-electron chi connectivity index (χ3n) is 6.91. The van der Waals surface area contributed by atoms with Gasteiger partial charge in [0, 0.05) is 17.8 Å². The summed E-state index contributed by atoms with van der Waals surface area (Å²) in [6.45, 7) is 5.31. The Morgan fingerprint density at radius 3 is 2.63 bits per heavy atom. The van der Waals surface area contributed by atoms with Crippen LogP contribution in [0, 0.1) is 25.5 Å². The molecule has 3 aromatic heterocycles. The number of carbonyl (C=O) groups is 1. The highest BCUT2D eigenvalue weighted by molar-refractivity contribution is 7.07. The maximum atomic E-state index is 13.9. The minimum absolute atomic E-state index is 0.103. The molecule has 1 aliphatic rings. The van der Waals surface area contributed by atoms with Crippen LogP contribution in [-0.4, -0.2) is 10.5 Å². The lowest BCUT2D eigenvalue weighted by molar-refractivity contribution is -0.113. The molecular formula is C32H25F2N3O5S. The molecule has 8 nitrogen and oxygen atoms in total. The van der Waals surface area contributed by atoms with Gasteiger partial charge in [0.25, 0.3) is 11.5 Å². The van der Waals surface area contributed by atoms with Crippen LogP contribution in [0.1, 0.15) is 41.6 Å². The Labute approximate surface area is 247 Å². The number of hydrogen-bond acceptors (Lipinski definition) is 7. The van der Waals surface area contributed by atoms with Gasteiger partial charge in [-0.05, 0) is 68.8 Å². The largest absolute Gasteiger partial charge is 0.483 e. The van der Waals surface area contributed by atoms with Gasteiger partial charge in [-0.25, -0.2) is 13.8 Å². The van der Waals surface area contributed by atoms with E-state index in [-0.39, 0.29) is 17.9 Å². The molecule has 1 amide bonds. The minimum Gasteiger partial charge on any atom is -0.483 e. The zero-order valence-electron chi connectivity index (χ0n) is 23.3. The molecule has 0 radical (unpaired) electrons. The van der Waals surface area contributed by atoms with E-state index in [1.54, 1.807) is 44.2 Å². The van der Waals surface area contributed by atoms with Gasteiger partial charge in [0.15, 0.2) is 16.4 Å². The van der Waals surface area contributed by atoms with Gasteiger partial charge in [0.1, 0.15) is 41.5 Å². The zero-order chi connectivity index (χ0) is 30.2. The number of nitrogens with one attached hydrogen (secondary N) is 1. The van der Waals surface area contributed by atoms with Crippen molar-refractivity contribution in [2.75, 3.05) is 5.32 Å². The number of halogens is 2. The summed E-state index contributed by atoms with van der Waals surface area (Å²) in [6, 6.07) is 16.4. The van der Waals surface area contributed by atoms with Crippen LogP contribution in [0.3, 0.4) is 0 Å². The van der Waals surface area contributed by atoms with Crippen molar-refractivity contribution in [1.82, 2.24) is 4.57 Å². The SMILES string of the molecule is CC1=C(C(=O)Nc2ccccc2C)C(c2ccc(C)o2)n2c(s/c(=C/c3ccc(COc4ccc(F)cc4F)o3)c2=O)=N1. The van der Waals surface area contributed by atoms with Crippen LogP contribution in [0.5, 0.6) is 5.75 Å². The van der Waals surface area contributed by atoms with E-state index in [1.165, 1.54) is 10.6 Å². The Hall–Kier alpha value is -5.03. The number of benzene rings is 2. The van der Waals surface area contributed by atoms with E-state index in [0.29, 0.717) is 49.3 Å². The first-order valence-electron chi connectivity index (χ1n) is 13.3. The lowest BCUT2D eigenvalue weighted by atomic mass is 10.00. The van der Waals surface area contributed by atoms with Crippen molar-refractivity contribution in [1.29, 1.82) is 0 Å². The minimum atomic E-state index is -0.845. The molecule has 2 aromatic carbocycles. The number of hydrogen-bond donors (Lipinski definition) is 1. The summed E-state index contributed by atoms with van der Waals surface area (Å²) >= 11 is 1.15. The molecule has 4 heterocycles. The summed E-state index contributed by atoms with van der Waals surface area (Å²) in [4.78, 5) is 32.5. The maximum Gasteiger partial charge on any atom is 0.271 e. The monoisotopic (exact) mass is 601 g/mol. The van der Waals surface area contributed by atoms with Crippen LogP contribution in [0.15, 0.2) is 96.6 Å². The van der Waals surface area contributed by atoms with Gasteiger partial charge < -0.3 is 18.9 Å². The Balaban J connectivity index is 1.34. The molecule has 1 unspecified atom stereocenters. The Morgan fingerprint density at radius 2 is 1.88 bits per heavy atom. The summed E-state index contributed by atoms with van der Waals surface area (Å²) < 4.78 is 46.0. The molecular weight excluding hydrogens is 576 g/mol. The third-order valence-corrected chi connectivity index (χ3v) is 7.89. The quantitative estimate of drug-likeness (QED) is 0.264. The molecule has 6 rings (SSSR count). The fourth-order valence-corrected chi connectivity index (χ4v) is 5.83. The smallest absolute Gasteiger partial charge is 0.271 e. The van der Waals surface area contributed by atoms with Crippen LogP contribution in [0.25, 0.3) is 6.08 Å². The topological polar surface area (TPSA) is 99.0 Å². The van der Waals surface area contributed by atoms with E-state index in [4.69, 9.17) is 13.6 Å². The third kappa shape index (κ3) is 5.59. The average molecular weight is 602 g/mol. The van der Waals surface area contributed by atoms with Crippen molar-refractivity contribution < 1.29 is 27.1 Å².